The van der Waals surface area contributed by atoms with Gasteiger partial charge in [-0.2, -0.15) is 10.4 Å². The first-order valence-electron chi connectivity index (χ1n) is 9.72. The zero-order chi connectivity index (χ0) is 22.4. The monoisotopic (exact) mass is 414 g/mol. The smallest absolute Gasteiger partial charge is 0.342 e. The molecule has 0 unspecified atom stereocenters. The summed E-state index contributed by atoms with van der Waals surface area (Å²) in [5.74, 6) is -2.55. The van der Waals surface area contributed by atoms with Gasteiger partial charge in [-0.1, -0.05) is 60.2 Å². The summed E-state index contributed by atoms with van der Waals surface area (Å²) in [7, 11) is 0. The number of benzene rings is 2. The minimum atomic E-state index is -1.22. The number of Topliss-reactive ketones (excluding diaryl/α,β-unsaturated/α-hetero) is 1. The van der Waals surface area contributed by atoms with Gasteiger partial charge in [-0.3, -0.25) is 9.48 Å². The molecule has 1 aromatic heterocycles. The highest BCUT2D eigenvalue weighted by molar-refractivity contribution is 6.06. The van der Waals surface area contributed by atoms with Crippen LogP contribution in [0.3, 0.4) is 0 Å². The number of hydrogen-bond donors (Lipinski definition) is 1. The van der Waals surface area contributed by atoms with E-state index < -0.39 is 24.3 Å². The fourth-order valence-corrected chi connectivity index (χ4v) is 3.05. The molecule has 0 radical (unpaired) electrons. The van der Waals surface area contributed by atoms with Crippen molar-refractivity contribution in [3.63, 3.8) is 0 Å². The number of aryl methyl sites for hydroxylation is 1. The molecular weight excluding hydrogens is 392 g/mol. The van der Waals surface area contributed by atoms with Crippen molar-refractivity contribution in [3.05, 3.63) is 77.5 Å². The topological polar surface area (TPSA) is 109 Å². The second-order valence-electron chi connectivity index (χ2n) is 7.23. The second kappa shape index (κ2) is 9.63. The molecule has 31 heavy (non-hydrogen) atoms. The summed E-state index contributed by atoms with van der Waals surface area (Å²) >= 11 is 0. The molecule has 3 aromatic rings. The van der Waals surface area contributed by atoms with Crippen LogP contribution in [0.2, 0.25) is 0 Å². The van der Waals surface area contributed by atoms with E-state index in [4.69, 9.17) is 15.4 Å². The molecule has 3 rings (SSSR count). The van der Waals surface area contributed by atoms with Gasteiger partial charge in [0.25, 0.3) is 0 Å². The van der Waals surface area contributed by atoms with Crippen molar-refractivity contribution in [1.29, 1.82) is 10.7 Å². The minimum Gasteiger partial charge on any atom is -0.454 e. The summed E-state index contributed by atoms with van der Waals surface area (Å²) < 4.78 is 6.84. The molecule has 0 aliphatic rings. The van der Waals surface area contributed by atoms with Gasteiger partial charge in [-0.25, -0.2) is 4.79 Å². The van der Waals surface area contributed by atoms with Crippen LogP contribution in [-0.2, 0) is 16.1 Å². The van der Waals surface area contributed by atoms with E-state index in [9.17, 15) is 9.59 Å². The maximum Gasteiger partial charge on any atom is 0.342 e. The van der Waals surface area contributed by atoms with E-state index in [1.165, 1.54) is 6.92 Å². The largest absolute Gasteiger partial charge is 0.454 e. The summed E-state index contributed by atoms with van der Waals surface area (Å²) in [5, 5.41) is 21.1. The second-order valence-corrected chi connectivity index (χ2v) is 7.23. The molecule has 7 nitrogen and oxygen atoms in total. The minimum absolute atomic E-state index is 0.0837. The molecule has 7 heteroatoms. The number of carbonyl (C=O) groups is 2. The number of carbonyl (C=O) groups excluding carboxylic acids is 2. The number of ether oxygens (including phenoxy) is 1. The molecule has 0 aliphatic carbocycles. The van der Waals surface area contributed by atoms with E-state index in [1.807, 2.05) is 61.5 Å². The number of nitriles is 1. The Morgan fingerprint density at radius 2 is 1.84 bits per heavy atom. The van der Waals surface area contributed by atoms with Gasteiger partial charge in [0.2, 0.25) is 0 Å². The molecule has 0 aliphatic heterocycles. The first-order chi connectivity index (χ1) is 14.9. The highest BCUT2D eigenvalue weighted by atomic mass is 16.5. The lowest BCUT2D eigenvalue weighted by Gasteiger charge is -2.07. The van der Waals surface area contributed by atoms with E-state index in [0.29, 0.717) is 12.2 Å². The first-order valence-corrected chi connectivity index (χ1v) is 9.72. The van der Waals surface area contributed by atoms with Crippen LogP contribution in [0.15, 0.2) is 60.8 Å². The Morgan fingerprint density at radius 3 is 2.45 bits per heavy atom. The average molecular weight is 414 g/mol. The molecule has 0 fully saturated rings. The third-order valence-corrected chi connectivity index (χ3v) is 4.72. The molecule has 1 atom stereocenters. The number of nitrogens with one attached hydrogen (secondary N) is 1. The maximum atomic E-state index is 12.8. The number of esters is 1. The fourth-order valence-electron chi connectivity index (χ4n) is 3.05. The van der Waals surface area contributed by atoms with E-state index >= 15 is 0 Å². The normalized spacial score (nSPS) is 11.4. The van der Waals surface area contributed by atoms with E-state index in [0.717, 1.165) is 16.7 Å². The van der Waals surface area contributed by atoms with Crippen LogP contribution in [0.1, 0.15) is 28.4 Å². The summed E-state index contributed by atoms with van der Waals surface area (Å²) in [5.41, 5.74) is 3.45. The van der Waals surface area contributed by atoms with E-state index in [1.54, 1.807) is 16.9 Å². The lowest BCUT2D eigenvalue weighted by atomic mass is 10.0. The molecule has 0 saturated heterocycles. The first kappa shape index (κ1) is 21.7. The number of hydrogen-bond acceptors (Lipinski definition) is 6. The third kappa shape index (κ3) is 5.31. The number of ketones is 1. The predicted octanol–water partition coefficient (Wildman–Crippen LogP) is 3.81. The van der Waals surface area contributed by atoms with Gasteiger partial charge < -0.3 is 10.1 Å². The molecule has 1 N–H and O–H groups in total. The molecular formula is C24H22N4O3. The van der Waals surface area contributed by atoms with Crippen LogP contribution in [0.4, 0.5) is 0 Å². The van der Waals surface area contributed by atoms with Crippen molar-refractivity contribution in [1.82, 2.24) is 9.78 Å². The Hall–Kier alpha value is -4.05. The zero-order valence-electron chi connectivity index (χ0n) is 17.3. The molecule has 0 amide bonds. The van der Waals surface area contributed by atoms with Gasteiger partial charge in [0.1, 0.15) is 17.2 Å². The van der Waals surface area contributed by atoms with Crippen molar-refractivity contribution in [2.45, 2.75) is 20.4 Å². The van der Waals surface area contributed by atoms with E-state index in [-0.39, 0.29) is 11.3 Å². The highest BCUT2D eigenvalue weighted by Crippen LogP contribution is 2.24. The zero-order valence-corrected chi connectivity index (χ0v) is 17.3. The SMILES string of the molecule is CC(=N)[C@H](C#N)C(=O)COC(=O)c1cn(Cc2ccccc2)nc1-c1ccc(C)cc1. The molecule has 0 spiro atoms. The van der Waals surface area contributed by atoms with Gasteiger partial charge in [0, 0.05) is 17.5 Å². The summed E-state index contributed by atoms with van der Waals surface area (Å²) in [6, 6.07) is 19.1. The van der Waals surface area contributed by atoms with Gasteiger partial charge in [0.15, 0.2) is 12.4 Å². The van der Waals surface area contributed by atoms with Crippen molar-refractivity contribution in [3.8, 4) is 17.3 Å². The quantitative estimate of drug-likeness (QED) is 0.445. The Morgan fingerprint density at radius 1 is 1.16 bits per heavy atom. The highest BCUT2D eigenvalue weighted by Gasteiger charge is 2.24. The van der Waals surface area contributed by atoms with Gasteiger partial charge in [-0.05, 0) is 19.4 Å². The summed E-state index contributed by atoms with van der Waals surface area (Å²) in [6.45, 7) is 3.23. The lowest BCUT2D eigenvalue weighted by molar-refractivity contribution is -0.122. The maximum absolute atomic E-state index is 12.8. The molecule has 0 saturated carbocycles. The average Bonchev–Trinajstić information content (AvgIpc) is 3.17. The summed E-state index contributed by atoms with van der Waals surface area (Å²) in [6.07, 6.45) is 1.60. The third-order valence-electron chi connectivity index (χ3n) is 4.72. The molecule has 0 bridgehead atoms. The van der Waals surface area contributed by atoms with Crippen molar-refractivity contribution in [2.24, 2.45) is 5.92 Å². The van der Waals surface area contributed by atoms with Gasteiger partial charge in [-0.15, -0.1) is 0 Å². The van der Waals surface area contributed by atoms with Crippen molar-refractivity contribution >= 4 is 17.5 Å². The van der Waals surface area contributed by atoms with Crippen LogP contribution in [0, 0.1) is 29.6 Å². The molecule has 2 aromatic carbocycles. The predicted molar refractivity (Wildman–Crippen MR) is 116 cm³/mol. The Bertz CT molecular complexity index is 1140. The molecule has 156 valence electrons. The van der Waals surface area contributed by atoms with Crippen LogP contribution in [-0.4, -0.2) is 33.9 Å². The number of aromatic nitrogens is 2. The van der Waals surface area contributed by atoms with Crippen molar-refractivity contribution in [2.75, 3.05) is 6.61 Å². The van der Waals surface area contributed by atoms with Crippen LogP contribution in [0.5, 0.6) is 0 Å². The lowest BCUT2D eigenvalue weighted by Crippen LogP contribution is -2.25. The van der Waals surface area contributed by atoms with Gasteiger partial charge >= 0.3 is 5.97 Å². The number of nitrogens with zero attached hydrogens (tertiary/aromatic N) is 3. The van der Waals surface area contributed by atoms with Gasteiger partial charge in [0.05, 0.1) is 12.6 Å². The van der Waals surface area contributed by atoms with Crippen LogP contribution < -0.4 is 0 Å². The Balaban J connectivity index is 1.87. The molecule has 1 heterocycles. The summed E-state index contributed by atoms with van der Waals surface area (Å²) in [4.78, 5) is 24.9. The number of rotatable bonds is 8. The fraction of sp³-hybridized carbons (Fsp3) is 0.208. The van der Waals surface area contributed by atoms with Crippen LogP contribution >= 0.6 is 0 Å². The Labute approximate surface area is 180 Å². The van der Waals surface area contributed by atoms with Crippen LogP contribution in [0.25, 0.3) is 11.3 Å². The van der Waals surface area contributed by atoms with Crippen molar-refractivity contribution < 1.29 is 14.3 Å². The standard InChI is InChI=1S/C24H22N4O3/c1-16-8-10-19(11-9-16)23-21(14-28(27-23)13-18-6-4-3-5-7-18)24(30)31-15-22(29)20(12-25)17(2)26/h3-11,14,20,26H,13,15H2,1-2H3/t20-/m0/s1. The Kier molecular flexibility index (Phi) is 6.73. The van der Waals surface area contributed by atoms with E-state index in [2.05, 4.69) is 5.10 Å².